The van der Waals surface area contributed by atoms with Crippen molar-refractivity contribution in [3.63, 3.8) is 0 Å². The predicted octanol–water partition coefficient (Wildman–Crippen LogP) is 1.58. The van der Waals surface area contributed by atoms with E-state index in [9.17, 15) is 19.5 Å². The molecule has 2 aliphatic heterocycles. The molecule has 7 nitrogen and oxygen atoms in total. The number of nitrogens with zero attached hydrogens (tertiary/aromatic N) is 2. The third kappa shape index (κ3) is 2.65. The molecule has 0 saturated carbocycles. The molecule has 1 aromatic heterocycles. The molecule has 0 spiro atoms. The minimum absolute atomic E-state index is 0.0804. The predicted molar refractivity (Wildman–Crippen MR) is 97.5 cm³/mol. The average molecular weight is 392 g/mol. The van der Waals surface area contributed by atoms with Crippen molar-refractivity contribution in [2.45, 2.75) is 18.0 Å². The van der Waals surface area contributed by atoms with Crippen LogP contribution in [0, 0.1) is 0 Å². The number of halogens is 1. The molecule has 0 bridgehead atoms. The number of aliphatic carboxylic acids is 1. The van der Waals surface area contributed by atoms with E-state index in [2.05, 4.69) is 5.32 Å². The number of carbonyl (C=O) groups is 3. The quantitative estimate of drug-likeness (QED) is 0.772. The molecule has 2 aromatic rings. The number of thioether (sulfide) groups is 1. The van der Waals surface area contributed by atoms with Gasteiger partial charge in [-0.3, -0.25) is 14.5 Å². The second-order valence-corrected chi connectivity index (χ2v) is 7.58. The molecule has 0 aliphatic carbocycles. The maximum atomic E-state index is 12.4. The van der Waals surface area contributed by atoms with Crippen molar-refractivity contribution in [2.24, 2.45) is 0 Å². The molecular formula is C17H14ClN3O4S. The van der Waals surface area contributed by atoms with Gasteiger partial charge >= 0.3 is 5.97 Å². The number of hydrogen-bond acceptors (Lipinski definition) is 4. The van der Waals surface area contributed by atoms with Crippen molar-refractivity contribution in [3.8, 4) is 0 Å². The van der Waals surface area contributed by atoms with Gasteiger partial charge in [-0.2, -0.15) is 0 Å². The number of amides is 2. The minimum atomic E-state index is -1.24. The van der Waals surface area contributed by atoms with Gasteiger partial charge in [0.2, 0.25) is 5.91 Å². The van der Waals surface area contributed by atoms with E-state index < -0.39 is 23.3 Å². The first-order chi connectivity index (χ1) is 12.5. The van der Waals surface area contributed by atoms with Crippen molar-refractivity contribution in [1.29, 1.82) is 0 Å². The van der Waals surface area contributed by atoms with Crippen LogP contribution in [0.15, 0.2) is 47.3 Å². The number of carbonyl (C=O) groups excluding carboxylic acids is 2. The van der Waals surface area contributed by atoms with Gasteiger partial charge in [-0.1, -0.05) is 29.8 Å². The zero-order valence-corrected chi connectivity index (χ0v) is 15.0. The van der Waals surface area contributed by atoms with Gasteiger partial charge in [0, 0.05) is 17.5 Å². The van der Waals surface area contributed by atoms with Crippen LogP contribution in [-0.4, -0.2) is 49.5 Å². The first-order valence-corrected chi connectivity index (χ1v) is 9.30. The van der Waals surface area contributed by atoms with Gasteiger partial charge in [0.15, 0.2) is 0 Å². The summed E-state index contributed by atoms with van der Waals surface area (Å²) in [6, 6.07) is 8.87. The van der Waals surface area contributed by atoms with Crippen LogP contribution in [0.3, 0.4) is 0 Å². The number of aromatic nitrogens is 1. The van der Waals surface area contributed by atoms with Gasteiger partial charge in [-0.25, -0.2) is 4.79 Å². The summed E-state index contributed by atoms with van der Waals surface area (Å²) in [5.41, 5.74) is 0.737. The maximum absolute atomic E-state index is 12.4. The second kappa shape index (κ2) is 6.37. The molecule has 1 fully saturated rings. The average Bonchev–Trinajstić information content (AvgIpc) is 3.02. The minimum Gasteiger partial charge on any atom is -0.477 e. The molecule has 1 saturated heterocycles. The summed E-state index contributed by atoms with van der Waals surface area (Å²) in [6.07, 6.45) is 1.82. The molecule has 2 unspecified atom stereocenters. The number of para-hydroxylation sites is 1. The smallest absolute Gasteiger partial charge is 0.353 e. The van der Waals surface area contributed by atoms with Gasteiger partial charge < -0.3 is 15.0 Å². The highest BCUT2D eigenvalue weighted by molar-refractivity contribution is 8.00. The zero-order chi connectivity index (χ0) is 18.4. The van der Waals surface area contributed by atoms with Crippen LogP contribution in [0.4, 0.5) is 0 Å². The molecule has 2 amide bonds. The van der Waals surface area contributed by atoms with Crippen LogP contribution in [0.25, 0.3) is 10.9 Å². The van der Waals surface area contributed by atoms with Crippen molar-refractivity contribution >= 4 is 52.0 Å². The van der Waals surface area contributed by atoms with Crippen LogP contribution in [0.5, 0.6) is 0 Å². The van der Waals surface area contributed by atoms with E-state index >= 15 is 0 Å². The summed E-state index contributed by atoms with van der Waals surface area (Å²) < 4.78 is 1.80. The summed E-state index contributed by atoms with van der Waals surface area (Å²) in [6.45, 7) is 0.0804. The van der Waals surface area contributed by atoms with Crippen LogP contribution in [0.2, 0.25) is 0 Å². The summed E-state index contributed by atoms with van der Waals surface area (Å²) >= 11 is 7.27. The third-order valence-corrected chi connectivity index (χ3v) is 6.19. The van der Waals surface area contributed by atoms with E-state index in [1.807, 2.05) is 36.5 Å². The van der Waals surface area contributed by atoms with E-state index in [0.717, 1.165) is 15.8 Å². The zero-order valence-electron chi connectivity index (χ0n) is 13.4. The lowest BCUT2D eigenvalue weighted by atomic mass is 10.1. The van der Waals surface area contributed by atoms with E-state index in [1.54, 1.807) is 4.57 Å². The highest BCUT2D eigenvalue weighted by Gasteiger charge is 2.54. The van der Waals surface area contributed by atoms with Crippen LogP contribution < -0.4 is 5.32 Å². The Hall–Kier alpha value is -2.45. The van der Waals surface area contributed by atoms with E-state index in [-0.39, 0.29) is 23.2 Å². The SMILES string of the molecule is O=C(Cn1ccc2ccccc21)NC1C(=O)N2C(C(=O)O)=C(Cl)CSC12. The van der Waals surface area contributed by atoms with Crippen molar-refractivity contribution in [3.05, 3.63) is 47.3 Å². The Morgan fingerprint density at radius 2 is 2.08 bits per heavy atom. The highest BCUT2D eigenvalue weighted by Crippen LogP contribution is 2.41. The number of benzene rings is 1. The molecule has 134 valence electrons. The molecule has 2 atom stereocenters. The molecule has 2 N–H and O–H groups in total. The van der Waals surface area contributed by atoms with Gasteiger partial charge in [0.25, 0.3) is 5.91 Å². The van der Waals surface area contributed by atoms with Crippen LogP contribution >= 0.6 is 23.4 Å². The Morgan fingerprint density at radius 3 is 2.85 bits per heavy atom. The summed E-state index contributed by atoms with van der Waals surface area (Å²) in [4.78, 5) is 37.2. The lowest BCUT2D eigenvalue weighted by Gasteiger charge is -2.48. The molecule has 1 aromatic carbocycles. The number of β-lactam (4-membered cyclic amide) rings is 1. The molecule has 26 heavy (non-hydrogen) atoms. The Labute approximate surface area is 157 Å². The molecule has 9 heteroatoms. The second-order valence-electron chi connectivity index (χ2n) is 6.02. The molecule has 0 radical (unpaired) electrons. The fourth-order valence-electron chi connectivity index (χ4n) is 3.23. The van der Waals surface area contributed by atoms with E-state index in [4.69, 9.17) is 11.6 Å². The number of nitrogens with one attached hydrogen (secondary N) is 1. The standard InChI is InChI=1S/C17H14ClN3O4S/c18-10-8-26-16-13(15(23)21(16)14(10)17(24)25)19-12(22)7-20-6-5-9-3-1-2-4-11(9)20/h1-6,13,16H,7-8H2,(H,19,22)(H,24,25). The Morgan fingerprint density at radius 1 is 1.31 bits per heavy atom. The highest BCUT2D eigenvalue weighted by atomic mass is 35.5. The van der Waals surface area contributed by atoms with E-state index in [1.165, 1.54) is 11.8 Å². The normalized spacial score (nSPS) is 22.2. The molecule has 2 aliphatic rings. The monoisotopic (exact) mass is 391 g/mol. The Balaban J connectivity index is 1.46. The largest absolute Gasteiger partial charge is 0.477 e. The fourth-order valence-corrected chi connectivity index (χ4v) is 4.78. The van der Waals surface area contributed by atoms with Gasteiger partial charge in [0.1, 0.15) is 23.7 Å². The lowest BCUT2D eigenvalue weighted by Crippen LogP contribution is -2.70. The Bertz CT molecular complexity index is 970. The molecular weight excluding hydrogens is 378 g/mol. The number of rotatable bonds is 4. The number of fused-ring (bicyclic) bond motifs is 2. The first-order valence-electron chi connectivity index (χ1n) is 7.87. The number of carboxylic acid groups (broad SMARTS) is 1. The summed E-state index contributed by atoms with van der Waals surface area (Å²) in [5.74, 6) is -1.70. The van der Waals surface area contributed by atoms with E-state index in [0.29, 0.717) is 5.75 Å². The molecule has 3 heterocycles. The van der Waals surface area contributed by atoms with Crippen molar-refractivity contribution < 1.29 is 19.5 Å². The van der Waals surface area contributed by atoms with Gasteiger partial charge in [0.05, 0.1) is 5.03 Å². The van der Waals surface area contributed by atoms with Gasteiger partial charge in [-0.15, -0.1) is 11.8 Å². The fraction of sp³-hybridized carbons (Fsp3) is 0.235. The van der Waals surface area contributed by atoms with Gasteiger partial charge in [-0.05, 0) is 17.5 Å². The third-order valence-electron chi connectivity index (χ3n) is 4.44. The maximum Gasteiger partial charge on any atom is 0.353 e. The molecule has 4 rings (SSSR count). The van der Waals surface area contributed by atoms with Crippen molar-refractivity contribution in [1.82, 2.24) is 14.8 Å². The van der Waals surface area contributed by atoms with Crippen molar-refractivity contribution in [2.75, 3.05) is 5.75 Å². The summed E-state index contributed by atoms with van der Waals surface area (Å²) in [7, 11) is 0. The Kier molecular flexibility index (Phi) is 4.16. The first kappa shape index (κ1) is 17.0. The number of hydrogen-bond donors (Lipinski definition) is 2. The van der Waals surface area contributed by atoms with Crippen LogP contribution in [-0.2, 0) is 20.9 Å². The summed E-state index contributed by atoms with van der Waals surface area (Å²) in [5, 5.41) is 12.7. The van der Waals surface area contributed by atoms with Crippen LogP contribution in [0.1, 0.15) is 0 Å². The number of carboxylic acids is 1. The lowest BCUT2D eigenvalue weighted by molar-refractivity contribution is -0.150. The topological polar surface area (TPSA) is 91.6 Å².